The summed E-state index contributed by atoms with van der Waals surface area (Å²) < 4.78 is 11.9. The Morgan fingerprint density at radius 1 is 0.917 bits per heavy atom. The molecule has 0 bridgehead atoms. The average Bonchev–Trinajstić information content (AvgIpc) is 3.12. The Hall–Kier alpha value is -2.00. The molecule has 2 aromatic carbocycles. The lowest BCUT2D eigenvalue weighted by atomic mass is 9.79. The largest absolute Gasteiger partial charge is 0.486 e. The molecule has 2 aromatic rings. The maximum absolute atomic E-state index is 6.05. The fraction of sp³-hybridized carbons (Fsp3) is 0.429. The molecule has 0 saturated heterocycles. The molecule has 0 unspecified atom stereocenters. The van der Waals surface area contributed by atoms with Gasteiger partial charge < -0.3 is 14.8 Å². The van der Waals surface area contributed by atoms with Crippen LogP contribution in [0.3, 0.4) is 0 Å². The zero-order chi connectivity index (χ0) is 16.2. The highest BCUT2D eigenvalue weighted by Gasteiger charge is 2.35. The van der Waals surface area contributed by atoms with Crippen molar-refractivity contribution in [2.24, 2.45) is 0 Å². The highest BCUT2D eigenvalue weighted by Crippen LogP contribution is 2.40. The molecule has 0 amide bonds. The Labute approximate surface area is 144 Å². The first-order chi connectivity index (χ1) is 11.9. The van der Waals surface area contributed by atoms with E-state index in [2.05, 4.69) is 35.6 Å². The van der Waals surface area contributed by atoms with Gasteiger partial charge in [-0.05, 0) is 30.5 Å². The average molecular weight is 323 g/mol. The van der Waals surface area contributed by atoms with Crippen LogP contribution in [-0.2, 0) is 5.41 Å². The fourth-order valence-electron chi connectivity index (χ4n) is 4.05. The van der Waals surface area contributed by atoms with Gasteiger partial charge in [0.1, 0.15) is 12.7 Å². The minimum atomic E-state index is 0.0779. The lowest BCUT2D eigenvalue weighted by Gasteiger charge is -2.32. The second kappa shape index (κ2) is 6.86. The van der Waals surface area contributed by atoms with E-state index in [0.29, 0.717) is 6.61 Å². The summed E-state index contributed by atoms with van der Waals surface area (Å²) in [5, 5.41) is 3.66. The van der Waals surface area contributed by atoms with Gasteiger partial charge >= 0.3 is 0 Å². The number of hydrogen-bond donors (Lipinski definition) is 1. The summed E-state index contributed by atoms with van der Waals surface area (Å²) in [6.07, 6.45) is 5.28. The number of benzene rings is 2. The molecule has 2 aliphatic rings. The Bertz CT molecular complexity index is 665. The molecule has 0 spiro atoms. The second-order valence-electron chi connectivity index (χ2n) is 6.98. The molecule has 4 rings (SSSR count). The predicted molar refractivity (Wildman–Crippen MR) is 95.8 cm³/mol. The zero-order valence-electron chi connectivity index (χ0n) is 14.0. The standard InChI is InChI=1S/C21H25NO2/c1-2-8-17(9-3-1)21(12-6-7-13-21)16-22-14-18-15-23-19-10-4-5-11-20(19)24-18/h1-5,8-11,18,22H,6-7,12-16H2/t18-/m1/s1. The molecule has 1 aliphatic heterocycles. The summed E-state index contributed by atoms with van der Waals surface area (Å²) in [5.74, 6) is 1.71. The summed E-state index contributed by atoms with van der Waals surface area (Å²) in [7, 11) is 0. The molecule has 3 heteroatoms. The minimum absolute atomic E-state index is 0.0779. The van der Waals surface area contributed by atoms with E-state index in [9.17, 15) is 0 Å². The van der Waals surface area contributed by atoms with E-state index in [-0.39, 0.29) is 11.5 Å². The smallest absolute Gasteiger partial charge is 0.161 e. The van der Waals surface area contributed by atoms with Crippen LogP contribution in [0.1, 0.15) is 31.2 Å². The van der Waals surface area contributed by atoms with Crippen molar-refractivity contribution in [3.63, 3.8) is 0 Å². The minimum Gasteiger partial charge on any atom is -0.486 e. The Kier molecular flexibility index (Phi) is 4.44. The highest BCUT2D eigenvalue weighted by atomic mass is 16.6. The van der Waals surface area contributed by atoms with Gasteiger partial charge in [-0.1, -0.05) is 55.3 Å². The highest BCUT2D eigenvalue weighted by molar-refractivity contribution is 5.40. The first-order valence-electron chi connectivity index (χ1n) is 9.00. The van der Waals surface area contributed by atoms with E-state index < -0.39 is 0 Å². The number of nitrogens with one attached hydrogen (secondary N) is 1. The maximum atomic E-state index is 6.05. The van der Waals surface area contributed by atoms with Gasteiger partial charge in [-0.2, -0.15) is 0 Å². The molecule has 1 saturated carbocycles. The van der Waals surface area contributed by atoms with Gasteiger partial charge in [0.25, 0.3) is 0 Å². The number of rotatable bonds is 5. The van der Waals surface area contributed by atoms with Gasteiger partial charge in [0.2, 0.25) is 0 Å². The summed E-state index contributed by atoms with van der Waals surface area (Å²) in [5.41, 5.74) is 1.76. The van der Waals surface area contributed by atoms with Crippen LogP contribution in [0.15, 0.2) is 54.6 Å². The van der Waals surface area contributed by atoms with Gasteiger partial charge in [0, 0.05) is 18.5 Å². The Morgan fingerprint density at radius 2 is 1.62 bits per heavy atom. The fourth-order valence-corrected chi connectivity index (χ4v) is 4.05. The lowest BCUT2D eigenvalue weighted by molar-refractivity contribution is 0.0892. The molecule has 1 fully saturated rings. The Morgan fingerprint density at radius 3 is 2.42 bits per heavy atom. The third-order valence-corrected chi connectivity index (χ3v) is 5.35. The summed E-state index contributed by atoms with van der Waals surface area (Å²) in [4.78, 5) is 0. The van der Waals surface area contributed by atoms with Gasteiger partial charge in [-0.25, -0.2) is 0 Å². The first kappa shape index (κ1) is 15.5. The van der Waals surface area contributed by atoms with Crippen molar-refractivity contribution in [1.82, 2.24) is 5.32 Å². The van der Waals surface area contributed by atoms with Gasteiger partial charge in [0.15, 0.2) is 11.5 Å². The van der Waals surface area contributed by atoms with E-state index >= 15 is 0 Å². The molecule has 126 valence electrons. The van der Waals surface area contributed by atoms with Crippen LogP contribution in [0.5, 0.6) is 11.5 Å². The first-order valence-corrected chi connectivity index (χ1v) is 9.00. The molecular weight excluding hydrogens is 298 g/mol. The van der Waals surface area contributed by atoms with E-state index in [1.165, 1.54) is 31.2 Å². The van der Waals surface area contributed by atoms with Gasteiger partial charge in [0.05, 0.1) is 0 Å². The topological polar surface area (TPSA) is 30.5 Å². The molecule has 1 aliphatic carbocycles. The van der Waals surface area contributed by atoms with E-state index in [0.717, 1.165) is 24.6 Å². The van der Waals surface area contributed by atoms with Crippen LogP contribution in [0.2, 0.25) is 0 Å². The van der Waals surface area contributed by atoms with E-state index in [1.54, 1.807) is 0 Å². The van der Waals surface area contributed by atoms with Crippen molar-refractivity contribution in [2.45, 2.75) is 37.2 Å². The van der Waals surface area contributed by atoms with Crippen LogP contribution in [0.25, 0.3) is 0 Å². The van der Waals surface area contributed by atoms with Crippen LogP contribution in [0.4, 0.5) is 0 Å². The van der Waals surface area contributed by atoms with Crippen molar-refractivity contribution in [1.29, 1.82) is 0 Å². The summed E-state index contributed by atoms with van der Waals surface area (Å²) >= 11 is 0. The van der Waals surface area contributed by atoms with Crippen molar-refractivity contribution in [2.75, 3.05) is 19.7 Å². The number of fused-ring (bicyclic) bond motifs is 1. The van der Waals surface area contributed by atoms with Crippen molar-refractivity contribution in [3.05, 3.63) is 60.2 Å². The van der Waals surface area contributed by atoms with Crippen LogP contribution >= 0.6 is 0 Å². The third-order valence-electron chi connectivity index (χ3n) is 5.35. The molecule has 3 nitrogen and oxygen atoms in total. The maximum Gasteiger partial charge on any atom is 0.161 e. The number of ether oxygens (including phenoxy) is 2. The van der Waals surface area contributed by atoms with Crippen molar-refractivity contribution in [3.8, 4) is 11.5 Å². The monoisotopic (exact) mass is 323 g/mol. The molecule has 1 N–H and O–H groups in total. The van der Waals surface area contributed by atoms with Gasteiger partial charge in [-0.3, -0.25) is 0 Å². The SMILES string of the molecule is c1ccc(C2(CNC[C@@H]3COc4ccccc4O3)CCCC2)cc1. The van der Waals surface area contributed by atoms with Crippen LogP contribution in [0, 0.1) is 0 Å². The molecule has 1 atom stereocenters. The normalized spacial score (nSPS) is 21.6. The summed E-state index contributed by atoms with van der Waals surface area (Å²) in [6.45, 7) is 2.45. The van der Waals surface area contributed by atoms with E-state index in [4.69, 9.17) is 9.47 Å². The number of para-hydroxylation sites is 2. The molecule has 24 heavy (non-hydrogen) atoms. The van der Waals surface area contributed by atoms with Gasteiger partial charge in [-0.15, -0.1) is 0 Å². The molecule has 0 aromatic heterocycles. The summed E-state index contributed by atoms with van der Waals surface area (Å²) in [6, 6.07) is 18.9. The van der Waals surface area contributed by atoms with Crippen LogP contribution < -0.4 is 14.8 Å². The molecule has 1 heterocycles. The lowest BCUT2D eigenvalue weighted by Crippen LogP contribution is -2.43. The predicted octanol–water partition coefficient (Wildman–Crippen LogP) is 3.93. The zero-order valence-corrected chi connectivity index (χ0v) is 14.0. The third kappa shape index (κ3) is 3.13. The van der Waals surface area contributed by atoms with Crippen molar-refractivity contribution >= 4 is 0 Å². The second-order valence-corrected chi connectivity index (χ2v) is 6.98. The van der Waals surface area contributed by atoms with Crippen molar-refractivity contribution < 1.29 is 9.47 Å². The number of hydrogen-bond acceptors (Lipinski definition) is 3. The molecule has 0 radical (unpaired) electrons. The Balaban J connectivity index is 1.36. The van der Waals surface area contributed by atoms with Crippen LogP contribution in [-0.4, -0.2) is 25.8 Å². The molecular formula is C21H25NO2. The van der Waals surface area contributed by atoms with E-state index in [1.807, 2.05) is 24.3 Å². The quantitative estimate of drug-likeness (QED) is 0.904.